The van der Waals surface area contributed by atoms with Crippen LogP contribution in [0.3, 0.4) is 0 Å². The van der Waals surface area contributed by atoms with Gasteiger partial charge in [0.15, 0.2) is 23.0 Å². The molecule has 12 nitrogen and oxygen atoms in total. The summed E-state index contributed by atoms with van der Waals surface area (Å²) in [5.74, 6) is 1.90. The van der Waals surface area contributed by atoms with Gasteiger partial charge >= 0.3 is 5.97 Å². The second-order valence-electron chi connectivity index (χ2n) is 10.3. The van der Waals surface area contributed by atoms with Crippen molar-refractivity contribution in [2.45, 2.75) is 38.3 Å². The van der Waals surface area contributed by atoms with E-state index in [9.17, 15) is 9.59 Å². The third kappa shape index (κ3) is 7.36. The summed E-state index contributed by atoms with van der Waals surface area (Å²) < 4.78 is 39.9. The van der Waals surface area contributed by atoms with Gasteiger partial charge in [0.05, 0.1) is 66.2 Å². The SMILES string of the molecule is COc1cc(C=CC(=O)OC(CN2CCCCCC2)Cn2ncc3c(OC)c(OC)c(OC)cc3c2=O)cc(OC)c1OC. The molecule has 0 spiro atoms. The Bertz CT molecular complexity index is 1500. The van der Waals surface area contributed by atoms with E-state index in [4.69, 9.17) is 33.2 Å². The Morgan fingerprint density at radius 1 is 0.773 bits per heavy atom. The number of carbonyl (C=O) groups excluding carboxylic acids is 1. The predicted octanol–water partition coefficient (Wildman–Crippen LogP) is 3.95. The van der Waals surface area contributed by atoms with Gasteiger partial charge in [0.25, 0.3) is 5.56 Å². The molecule has 0 bridgehead atoms. The average molecular weight is 612 g/mol. The Hall–Kier alpha value is -4.45. The maximum absolute atomic E-state index is 13.7. The van der Waals surface area contributed by atoms with E-state index < -0.39 is 12.1 Å². The molecule has 1 aromatic heterocycles. The minimum absolute atomic E-state index is 0.0612. The van der Waals surface area contributed by atoms with Crippen LogP contribution in [0.1, 0.15) is 31.2 Å². The summed E-state index contributed by atoms with van der Waals surface area (Å²) in [4.78, 5) is 29.1. The van der Waals surface area contributed by atoms with Crippen molar-refractivity contribution in [1.29, 1.82) is 0 Å². The number of ether oxygens (including phenoxy) is 7. The van der Waals surface area contributed by atoms with E-state index >= 15 is 0 Å². The number of fused-ring (bicyclic) bond motifs is 1. The highest BCUT2D eigenvalue weighted by atomic mass is 16.5. The van der Waals surface area contributed by atoms with Gasteiger partial charge in [-0.15, -0.1) is 0 Å². The number of hydrogen-bond donors (Lipinski definition) is 0. The smallest absolute Gasteiger partial charge is 0.331 e. The number of rotatable bonds is 13. The third-order valence-electron chi connectivity index (χ3n) is 7.58. The molecule has 1 unspecified atom stereocenters. The lowest BCUT2D eigenvalue weighted by atomic mass is 10.1. The van der Waals surface area contributed by atoms with E-state index in [1.165, 1.54) is 53.4 Å². The molecule has 44 heavy (non-hydrogen) atoms. The first-order valence-corrected chi connectivity index (χ1v) is 14.5. The van der Waals surface area contributed by atoms with Gasteiger partial charge in [-0.3, -0.25) is 9.69 Å². The van der Waals surface area contributed by atoms with E-state index in [2.05, 4.69) is 10.00 Å². The summed E-state index contributed by atoms with van der Waals surface area (Å²) in [7, 11) is 9.06. The fourth-order valence-corrected chi connectivity index (χ4v) is 5.43. The molecule has 1 aliphatic rings. The number of aromatic nitrogens is 2. The number of hydrogen-bond acceptors (Lipinski definition) is 11. The van der Waals surface area contributed by atoms with Gasteiger partial charge < -0.3 is 33.2 Å². The molecule has 0 N–H and O–H groups in total. The summed E-state index contributed by atoms with van der Waals surface area (Å²) in [6.45, 7) is 2.31. The van der Waals surface area contributed by atoms with Crippen LogP contribution in [0.15, 0.2) is 35.3 Å². The predicted molar refractivity (Wildman–Crippen MR) is 166 cm³/mol. The molecule has 1 saturated heterocycles. The molecule has 1 atom stereocenters. The van der Waals surface area contributed by atoms with Crippen molar-refractivity contribution < 1.29 is 38.0 Å². The van der Waals surface area contributed by atoms with E-state index in [1.807, 2.05) is 0 Å². The zero-order valence-corrected chi connectivity index (χ0v) is 26.2. The molecule has 3 aromatic rings. The van der Waals surface area contributed by atoms with Gasteiger partial charge in [-0.25, -0.2) is 9.48 Å². The Kier molecular flexibility index (Phi) is 11.3. The first kappa shape index (κ1) is 32.5. The van der Waals surface area contributed by atoms with Crippen LogP contribution in [0.2, 0.25) is 0 Å². The number of methoxy groups -OCH3 is 6. The van der Waals surface area contributed by atoms with Gasteiger partial charge in [0.1, 0.15) is 6.10 Å². The highest BCUT2D eigenvalue weighted by Crippen LogP contribution is 2.42. The summed E-state index contributed by atoms with van der Waals surface area (Å²) in [6, 6.07) is 5.07. The summed E-state index contributed by atoms with van der Waals surface area (Å²) in [5, 5.41) is 5.24. The van der Waals surface area contributed by atoms with Crippen LogP contribution >= 0.6 is 0 Å². The summed E-state index contributed by atoms with van der Waals surface area (Å²) >= 11 is 0. The second-order valence-corrected chi connectivity index (χ2v) is 10.3. The van der Waals surface area contributed by atoms with Crippen LogP contribution in [-0.4, -0.2) is 89.0 Å². The van der Waals surface area contributed by atoms with Crippen molar-refractivity contribution in [3.05, 3.63) is 46.4 Å². The average Bonchev–Trinajstić information content (AvgIpc) is 3.32. The van der Waals surface area contributed by atoms with Crippen LogP contribution in [0, 0.1) is 0 Å². The van der Waals surface area contributed by atoms with E-state index in [-0.39, 0.29) is 12.1 Å². The molecule has 12 heteroatoms. The first-order valence-electron chi connectivity index (χ1n) is 14.5. The fraction of sp³-hybridized carbons (Fsp3) is 0.469. The van der Waals surface area contributed by atoms with Crippen molar-refractivity contribution in [1.82, 2.24) is 14.7 Å². The normalized spacial score (nSPS) is 14.6. The Morgan fingerprint density at radius 3 is 1.93 bits per heavy atom. The highest BCUT2D eigenvalue weighted by molar-refractivity contribution is 5.92. The lowest BCUT2D eigenvalue weighted by Gasteiger charge is -2.26. The molecule has 2 heterocycles. The van der Waals surface area contributed by atoms with E-state index in [1.54, 1.807) is 30.5 Å². The Balaban J connectivity index is 1.63. The van der Waals surface area contributed by atoms with E-state index in [0.717, 1.165) is 38.8 Å². The Labute approximate surface area is 257 Å². The van der Waals surface area contributed by atoms with E-state index in [0.29, 0.717) is 57.4 Å². The van der Waals surface area contributed by atoms with Gasteiger partial charge in [-0.05, 0) is 55.8 Å². The quantitative estimate of drug-likeness (QED) is 0.206. The molecule has 2 aromatic carbocycles. The molecule has 1 aliphatic heterocycles. The molecule has 1 fully saturated rings. The zero-order chi connectivity index (χ0) is 31.6. The van der Waals surface area contributed by atoms with Crippen LogP contribution in [0.5, 0.6) is 34.5 Å². The van der Waals surface area contributed by atoms with Crippen LogP contribution in [0.4, 0.5) is 0 Å². The topological polar surface area (TPSA) is 120 Å². The zero-order valence-electron chi connectivity index (χ0n) is 26.2. The Morgan fingerprint density at radius 2 is 1.36 bits per heavy atom. The highest BCUT2D eigenvalue weighted by Gasteiger charge is 2.23. The van der Waals surface area contributed by atoms with Crippen molar-refractivity contribution in [3.63, 3.8) is 0 Å². The minimum Gasteiger partial charge on any atom is -0.493 e. The van der Waals surface area contributed by atoms with Crippen LogP contribution < -0.4 is 34.0 Å². The van der Waals surface area contributed by atoms with Crippen LogP contribution in [0.25, 0.3) is 16.8 Å². The minimum atomic E-state index is -0.644. The first-order chi connectivity index (χ1) is 21.4. The number of likely N-dealkylation sites (tertiary alicyclic amines) is 1. The van der Waals surface area contributed by atoms with Gasteiger partial charge in [-0.2, -0.15) is 5.10 Å². The van der Waals surface area contributed by atoms with Gasteiger partial charge in [-0.1, -0.05) is 12.8 Å². The standard InChI is InChI=1S/C32H41N3O9/c1-38-25-15-21(16-26(39-2)30(25)42-5)11-12-28(36)44-22(19-34-13-9-7-8-10-14-34)20-35-32(37)23-17-27(40-3)31(43-6)29(41-4)24(23)18-33-35/h11-12,15-18,22H,7-10,13-14,19-20H2,1-6H3. The molecule has 238 valence electrons. The lowest BCUT2D eigenvalue weighted by molar-refractivity contribution is -0.144. The monoisotopic (exact) mass is 611 g/mol. The number of nitrogens with zero attached hydrogens (tertiary/aromatic N) is 3. The summed E-state index contributed by atoms with van der Waals surface area (Å²) in [6.07, 6.45) is 8.32. The lowest BCUT2D eigenvalue weighted by Crippen LogP contribution is -2.40. The van der Waals surface area contributed by atoms with Crippen molar-refractivity contribution in [2.24, 2.45) is 0 Å². The molecule has 0 saturated carbocycles. The summed E-state index contributed by atoms with van der Waals surface area (Å²) in [5.41, 5.74) is 0.290. The van der Waals surface area contributed by atoms with Crippen molar-refractivity contribution >= 4 is 22.8 Å². The van der Waals surface area contributed by atoms with Gasteiger partial charge in [0, 0.05) is 12.6 Å². The third-order valence-corrected chi connectivity index (χ3v) is 7.58. The molecule has 4 rings (SSSR count). The second kappa shape index (κ2) is 15.3. The molecule has 0 amide bonds. The number of esters is 1. The number of benzene rings is 2. The fourth-order valence-electron chi connectivity index (χ4n) is 5.43. The van der Waals surface area contributed by atoms with Crippen molar-refractivity contribution in [3.8, 4) is 34.5 Å². The maximum atomic E-state index is 13.7. The number of carbonyl (C=O) groups is 1. The molecule has 0 aliphatic carbocycles. The van der Waals surface area contributed by atoms with Gasteiger partial charge in [0.2, 0.25) is 11.5 Å². The van der Waals surface area contributed by atoms with Crippen LogP contribution in [-0.2, 0) is 16.1 Å². The molecular formula is C32H41N3O9. The molecule has 0 radical (unpaired) electrons. The molecular weight excluding hydrogens is 570 g/mol. The maximum Gasteiger partial charge on any atom is 0.331 e. The van der Waals surface area contributed by atoms with Crippen molar-refractivity contribution in [2.75, 3.05) is 62.3 Å². The largest absolute Gasteiger partial charge is 0.493 e.